The van der Waals surface area contributed by atoms with Gasteiger partial charge in [0.15, 0.2) is 17.1 Å². The molecule has 12 heavy (non-hydrogen) atoms. The number of imidazole rings is 1. The van der Waals surface area contributed by atoms with E-state index in [1.54, 1.807) is 0 Å². The van der Waals surface area contributed by atoms with Crippen molar-refractivity contribution in [2.45, 2.75) is 13.0 Å². The Balaban J connectivity index is 2.62. The summed E-state index contributed by atoms with van der Waals surface area (Å²) in [5.74, 6) is 1.08. The summed E-state index contributed by atoms with van der Waals surface area (Å²) >= 11 is 0. The quantitative estimate of drug-likeness (QED) is 0.607. The molecule has 5 N–H and O–H groups in total. The second kappa shape index (κ2) is 2.60. The van der Waals surface area contributed by atoms with E-state index in [-0.39, 0.29) is 6.04 Å². The Morgan fingerprint density at radius 3 is 2.83 bits per heavy atom. The van der Waals surface area contributed by atoms with Crippen LogP contribution < -0.4 is 10.7 Å². The first kappa shape index (κ1) is 7.31. The van der Waals surface area contributed by atoms with E-state index in [1.165, 1.54) is 0 Å². The highest BCUT2D eigenvalue weighted by Crippen LogP contribution is 2.08. The maximum atomic E-state index is 3.94. The van der Waals surface area contributed by atoms with Gasteiger partial charge in [-0.2, -0.15) is 0 Å². The summed E-state index contributed by atoms with van der Waals surface area (Å²) in [5.41, 5.74) is 6.22. The first-order chi connectivity index (χ1) is 5.77. The number of hydrogen-bond acceptors (Lipinski definition) is 0. The van der Waals surface area contributed by atoms with Crippen LogP contribution >= 0.6 is 0 Å². The van der Waals surface area contributed by atoms with Crippen molar-refractivity contribution in [3.05, 3.63) is 30.1 Å². The summed E-state index contributed by atoms with van der Waals surface area (Å²) < 4.78 is 0. The Labute approximate surface area is 70.6 Å². The van der Waals surface area contributed by atoms with Crippen LogP contribution in [-0.4, -0.2) is 4.98 Å². The van der Waals surface area contributed by atoms with Gasteiger partial charge in [-0.3, -0.25) is 0 Å². The van der Waals surface area contributed by atoms with Gasteiger partial charge in [0.25, 0.3) is 0 Å². The number of aromatic nitrogens is 2. The summed E-state index contributed by atoms with van der Waals surface area (Å²) in [5, 5.41) is 0. The van der Waals surface area contributed by atoms with Gasteiger partial charge < -0.3 is 5.73 Å². The van der Waals surface area contributed by atoms with E-state index in [9.17, 15) is 0 Å². The molecule has 0 radical (unpaired) electrons. The molecule has 0 bridgehead atoms. The number of fused-ring (bicyclic) bond motifs is 1. The smallest absolute Gasteiger partial charge is 0.311 e. The topological polar surface area (TPSA) is 57.6 Å². The van der Waals surface area contributed by atoms with Crippen LogP contribution in [0.1, 0.15) is 18.8 Å². The van der Waals surface area contributed by atoms with E-state index in [1.807, 2.05) is 12.1 Å². The van der Waals surface area contributed by atoms with E-state index in [0.29, 0.717) is 0 Å². The zero-order valence-electron chi connectivity index (χ0n) is 7.09. The Hall–Kier alpha value is -1.35. The number of rotatable bonds is 1. The minimum Gasteiger partial charge on any atom is -0.345 e. The number of H-pyrrole nitrogens is 2. The maximum Gasteiger partial charge on any atom is 0.311 e. The molecule has 1 heterocycles. The normalized spacial score (nSPS) is 13.5. The van der Waals surface area contributed by atoms with Crippen LogP contribution in [-0.2, 0) is 0 Å². The van der Waals surface area contributed by atoms with Gasteiger partial charge in [0.2, 0.25) is 0 Å². The molecule has 62 valence electrons. The third kappa shape index (κ3) is 1.08. The predicted octanol–water partition coefficient (Wildman–Crippen LogP) is 0.285. The summed E-state index contributed by atoms with van der Waals surface area (Å²) in [4.78, 5) is 6.55. The molecular formula is C9H13N3+2. The molecule has 0 spiro atoms. The van der Waals surface area contributed by atoms with E-state index in [0.717, 1.165) is 16.9 Å². The molecule has 3 nitrogen and oxygen atoms in total. The molecule has 0 aliphatic heterocycles. The van der Waals surface area contributed by atoms with Crippen molar-refractivity contribution in [2.75, 3.05) is 0 Å². The van der Waals surface area contributed by atoms with Crippen LogP contribution in [0.25, 0.3) is 11.0 Å². The standard InChI is InChI=1S/C9H11N3/c1-6(10)9-11-7-4-2-3-5-8(7)12-9/h2-6H,10H2,1H3,(H,11,12)/p+2. The van der Waals surface area contributed by atoms with Crippen molar-refractivity contribution >= 4 is 11.0 Å². The number of nitrogens with one attached hydrogen (secondary N) is 2. The average molecular weight is 163 g/mol. The lowest BCUT2D eigenvalue weighted by Gasteiger charge is -1.86. The average Bonchev–Trinajstić information content (AvgIpc) is 2.46. The molecule has 0 saturated heterocycles. The van der Waals surface area contributed by atoms with E-state index in [2.05, 4.69) is 34.8 Å². The first-order valence-electron chi connectivity index (χ1n) is 4.10. The third-order valence-corrected chi connectivity index (χ3v) is 1.96. The van der Waals surface area contributed by atoms with Gasteiger partial charge in [-0.05, 0) is 19.1 Å². The van der Waals surface area contributed by atoms with E-state index >= 15 is 0 Å². The zero-order chi connectivity index (χ0) is 8.55. The Morgan fingerprint density at radius 2 is 2.17 bits per heavy atom. The lowest BCUT2D eigenvalue weighted by Crippen LogP contribution is -2.53. The van der Waals surface area contributed by atoms with Crippen molar-refractivity contribution in [2.24, 2.45) is 0 Å². The van der Waals surface area contributed by atoms with Gasteiger partial charge >= 0.3 is 5.82 Å². The zero-order valence-corrected chi connectivity index (χ0v) is 7.09. The van der Waals surface area contributed by atoms with Crippen LogP contribution in [0.2, 0.25) is 0 Å². The van der Waals surface area contributed by atoms with Gasteiger partial charge in [0, 0.05) is 0 Å². The van der Waals surface area contributed by atoms with Gasteiger partial charge in [-0.25, -0.2) is 9.97 Å². The fourth-order valence-electron chi connectivity index (χ4n) is 1.27. The molecule has 1 aromatic heterocycles. The second-order valence-corrected chi connectivity index (χ2v) is 3.11. The van der Waals surface area contributed by atoms with Gasteiger partial charge in [0.1, 0.15) is 0 Å². The Kier molecular flexibility index (Phi) is 1.59. The Bertz CT molecular complexity index is 356. The highest BCUT2D eigenvalue weighted by Gasteiger charge is 2.14. The minimum atomic E-state index is 0.275. The van der Waals surface area contributed by atoms with Crippen molar-refractivity contribution in [3.63, 3.8) is 0 Å². The molecular weight excluding hydrogens is 150 g/mol. The monoisotopic (exact) mass is 163 g/mol. The second-order valence-electron chi connectivity index (χ2n) is 3.11. The molecule has 3 heteroatoms. The van der Waals surface area contributed by atoms with Gasteiger partial charge in [-0.15, -0.1) is 0 Å². The van der Waals surface area contributed by atoms with E-state index in [4.69, 9.17) is 0 Å². The number of para-hydroxylation sites is 2. The van der Waals surface area contributed by atoms with Crippen LogP contribution in [0, 0.1) is 0 Å². The number of aromatic amines is 2. The van der Waals surface area contributed by atoms with Gasteiger partial charge in [-0.1, -0.05) is 12.1 Å². The fraction of sp³-hybridized carbons (Fsp3) is 0.222. The summed E-state index contributed by atoms with van der Waals surface area (Å²) in [6.07, 6.45) is 0. The maximum absolute atomic E-state index is 3.94. The minimum absolute atomic E-state index is 0.275. The molecule has 1 unspecified atom stereocenters. The lowest BCUT2D eigenvalue weighted by atomic mass is 10.3. The molecule has 0 fully saturated rings. The largest absolute Gasteiger partial charge is 0.345 e. The van der Waals surface area contributed by atoms with E-state index < -0.39 is 0 Å². The highest BCUT2D eigenvalue weighted by molar-refractivity contribution is 5.70. The SMILES string of the molecule is CC([NH3+])c1[nH]c2ccccc2[nH+]1. The first-order valence-corrected chi connectivity index (χ1v) is 4.10. The molecule has 0 amide bonds. The van der Waals surface area contributed by atoms with Crippen LogP contribution in [0.3, 0.4) is 0 Å². The molecule has 2 rings (SSSR count). The highest BCUT2D eigenvalue weighted by atomic mass is 15.0. The Morgan fingerprint density at radius 1 is 1.42 bits per heavy atom. The van der Waals surface area contributed by atoms with Crippen LogP contribution in [0.5, 0.6) is 0 Å². The van der Waals surface area contributed by atoms with Crippen molar-refractivity contribution in [1.82, 2.24) is 4.98 Å². The fourth-order valence-corrected chi connectivity index (χ4v) is 1.27. The molecule has 1 atom stereocenters. The molecule has 0 saturated carbocycles. The third-order valence-electron chi connectivity index (χ3n) is 1.96. The summed E-state index contributed by atoms with van der Waals surface area (Å²) in [6, 6.07) is 8.42. The summed E-state index contributed by atoms with van der Waals surface area (Å²) in [6.45, 7) is 2.06. The molecule has 2 aromatic rings. The molecule has 0 aliphatic rings. The van der Waals surface area contributed by atoms with Crippen LogP contribution in [0.15, 0.2) is 24.3 Å². The predicted molar refractivity (Wildman–Crippen MR) is 46.2 cm³/mol. The van der Waals surface area contributed by atoms with Crippen LogP contribution in [0.4, 0.5) is 0 Å². The number of benzene rings is 1. The lowest BCUT2D eigenvalue weighted by molar-refractivity contribution is -0.471. The number of quaternary nitrogens is 1. The van der Waals surface area contributed by atoms with Crippen molar-refractivity contribution < 1.29 is 10.7 Å². The van der Waals surface area contributed by atoms with Crippen molar-refractivity contribution in [3.8, 4) is 0 Å². The summed E-state index contributed by atoms with van der Waals surface area (Å²) in [7, 11) is 0. The van der Waals surface area contributed by atoms with Gasteiger partial charge in [0.05, 0.1) is 0 Å². The van der Waals surface area contributed by atoms with Crippen molar-refractivity contribution in [1.29, 1.82) is 0 Å². The number of hydrogen-bond donors (Lipinski definition) is 2. The molecule has 1 aromatic carbocycles. The molecule has 0 aliphatic carbocycles.